The topological polar surface area (TPSA) is 64.3 Å². The van der Waals surface area contributed by atoms with Gasteiger partial charge in [0, 0.05) is 17.4 Å². The van der Waals surface area contributed by atoms with E-state index in [0.717, 1.165) is 18.0 Å². The molecule has 0 bridgehead atoms. The monoisotopic (exact) mass is 248 g/mol. The van der Waals surface area contributed by atoms with Gasteiger partial charge in [0.2, 0.25) is 0 Å². The van der Waals surface area contributed by atoms with E-state index in [0.29, 0.717) is 17.3 Å². The summed E-state index contributed by atoms with van der Waals surface area (Å²) in [6, 6.07) is 5.63. The summed E-state index contributed by atoms with van der Waals surface area (Å²) in [5, 5.41) is 3.37. The first-order valence-electron chi connectivity index (χ1n) is 6.34. The highest BCUT2D eigenvalue weighted by Gasteiger charge is 2.24. The van der Waals surface area contributed by atoms with Crippen LogP contribution in [-0.2, 0) is 4.74 Å². The smallest absolute Gasteiger partial charge is 0.340 e. The summed E-state index contributed by atoms with van der Waals surface area (Å²) in [6.07, 6.45) is 3.81. The van der Waals surface area contributed by atoms with Crippen LogP contribution in [0.4, 0.5) is 11.4 Å². The summed E-state index contributed by atoms with van der Waals surface area (Å²) in [5.74, 6) is 0.492. The van der Waals surface area contributed by atoms with Crippen molar-refractivity contribution in [1.82, 2.24) is 0 Å². The van der Waals surface area contributed by atoms with Gasteiger partial charge in [0.15, 0.2) is 0 Å². The van der Waals surface area contributed by atoms with Crippen LogP contribution in [0.15, 0.2) is 18.2 Å². The van der Waals surface area contributed by atoms with E-state index < -0.39 is 0 Å². The molecule has 0 amide bonds. The summed E-state index contributed by atoms with van der Waals surface area (Å²) in [6.45, 7) is 2.13. The molecule has 0 aromatic heterocycles. The lowest BCUT2D eigenvalue weighted by Gasteiger charge is -2.17. The highest BCUT2D eigenvalue weighted by Crippen LogP contribution is 2.34. The van der Waals surface area contributed by atoms with Gasteiger partial charge in [-0.2, -0.15) is 0 Å². The Morgan fingerprint density at radius 2 is 2.28 bits per heavy atom. The summed E-state index contributed by atoms with van der Waals surface area (Å²) >= 11 is 0. The van der Waals surface area contributed by atoms with Crippen LogP contribution < -0.4 is 11.1 Å². The van der Waals surface area contributed by atoms with Crippen molar-refractivity contribution >= 4 is 17.3 Å². The number of carbonyl (C=O) groups is 1. The average Bonchev–Trinajstić information content (AvgIpc) is 3.14. The van der Waals surface area contributed by atoms with Crippen LogP contribution in [0.3, 0.4) is 0 Å². The molecule has 1 aliphatic rings. The van der Waals surface area contributed by atoms with Gasteiger partial charge in [0.05, 0.1) is 12.7 Å². The third kappa shape index (κ3) is 3.15. The number of nitrogens with two attached hydrogens (primary N) is 1. The van der Waals surface area contributed by atoms with E-state index >= 15 is 0 Å². The van der Waals surface area contributed by atoms with Gasteiger partial charge < -0.3 is 15.8 Å². The number of ether oxygens (including phenoxy) is 1. The molecule has 1 unspecified atom stereocenters. The number of methoxy groups -OCH3 is 1. The Kier molecular flexibility index (Phi) is 3.75. The quantitative estimate of drug-likeness (QED) is 0.621. The Bertz CT molecular complexity index is 441. The second-order valence-corrected chi connectivity index (χ2v) is 5.02. The zero-order valence-electron chi connectivity index (χ0n) is 10.9. The minimum Gasteiger partial charge on any atom is -0.465 e. The van der Waals surface area contributed by atoms with Gasteiger partial charge in [-0.05, 0) is 37.5 Å². The van der Waals surface area contributed by atoms with Crippen molar-refractivity contribution in [3.63, 3.8) is 0 Å². The molecule has 18 heavy (non-hydrogen) atoms. The van der Waals surface area contributed by atoms with Crippen molar-refractivity contribution in [2.45, 2.75) is 32.2 Å². The molecule has 0 heterocycles. The van der Waals surface area contributed by atoms with E-state index in [1.807, 2.05) is 6.07 Å². The number of benzene rings is 1. The van der Waals surface area contributed by atoms with E-state index in [9.17, 15) is 4.79 Å². The van der Waals surface area contributed by atoms with Crippen LogP contribution >= 0.6 is 0 Å². The van der Waals surface area contributed by atoms with Crippen LogP contribution in [0.1, 0.15) is 36.5 Å². The molecule has 2 rings (SSSR count). The molecule has 3 N–H and O–H groups in total. The second kappa shape index (κ2) is 5.29. The molecule has 1 aliphatic carbocycles. The molecule has 98 valence electrons. The van der Waals surface area contributed by atoms with Gasteiger partial charge in [-0.15, -0.1) is 0 Å². The molecule has 0 radical (unpaired) electrons. The van der Waals surface area contributed by atoms with Crippen molar-refractivity contribution in [3.05, 3.63) is 23.8 Å². The average molecular weight is 248 g/mol. The van der Waals surface area contributed by atoms with Crippen LogP contribution in [0.2, 0.25) is 0 Å². The lowest BCUT2D eigenvalue weighted by atomic mass is 10.1. The Labute approximate surface area is 108 Å². The molecule has 1 aromatic rings. The van der Waals surface area contributed by atoms with Gasteiger partial charge in [0.1, 0.15) is 0 Å². The lowest BCUT2D eigenvalue weighted by molar-refractivity contribution is 0.0602. The zero-order valence-corrected chi connectivity index (χ0v) is 10.9. The number of hydrogen-bond acceptors (Lipinski definition) is 4. The van der Waals surface area contributed by atoms with Crippen molar-refractivity contribution in [1.29, 1.82) is 0 Å². The number of esters is 1. The highest BCUT2D eigenvalue weighted by atomic mass is 16.5. The molecular formula is C14H20N2O2. The third-order valence-corrected chi connectivity index (χ3v) is 3.23. The van der Waals surface area contributed by atoms with Crippen LogP contribution in [-0.4, -0.2) is 19.1 Å². The predicted molar refractivity (Wildman–Crippen MR) is 72.6 cm³/mol. The van der Waals surface area contributed by atoms with E-state index in [-0.39, 0.29) is 5.97 Å². The summed E-state index contributed by atoms with van der Waals surface area (Å²) in [5.41, 5.74) is 7.57. The fourth-order valence-corrected chi connectivity index (χ4v) is 2.14. The zero-order chi connectivity index (χ0) is 13.1. The van der Waals surface area contributed by atoms with Crippen LogP contribution in [0.5, 0.6) is 0 Å². The molecule has 0 spiro atoms. The summed E-state index contributed by atoms with van der Waals surface area (Å²) in [7, 11) is 1.38. The number of rotatable bonds is 5. The van der Waals surface area contributed by atoms with Crippen molar-refractivity contribution in [2.24, 2.45) is 5.92 Å². The minimum atomic E-state index is -0.358. The number of nitrogen functional groups attached to an aromatic ring is 1. The maximum Gasteiger partial charge on any atom is 0.340 e. The molecule has 1 fully saturated rings. The Morgan fingerprint density at radius 3 is 2.89 bits per heavy atom. The standard InChI is InChI=1S/C14H20N2O2/c1-9(7-10-3-4-10)16-13-6-5-11(15)8-12(13)14(17)18-2/h5-6,8-10,16H,3-4,7,15H2,1-2H3. The SMILES string of the molecule is COC(=O)c1cc(N)ccc1NC(C)CC1CC1. The molecule has 1 aromatic carbocycles. The first kappa shape index (κ1) is 12.7. The van der Waals surface area contributed by atoms with E-state index in [2.05, 4.69) is 12.2 Å². The highest BCUT2D eigenvalue weighted by molar-refractivity contribution is 5.96. The summed E-state index contributed by atoms with van der Waals surface area (Å²) in [4.78, 5) is 11.7. The lowest BCUT2D eigenvalue weighted by Crippen LogP contribution is -2.18. The molecule has 0 saturated heterocycles. The van der Waals surface area contributed by atoms with Crippen molar-refractivity contribution in [2.75, 3.05) is 18.2 Å². The van der Waals surface area contributed by atoms with E-state index in [4.69, 9.17) is 10.5 Å². The van der Waals surface area contributed by atoms with Gasteiger partial charge in [-0.3, -0.25) is 0 Å². The van der Waals surface area contributed by atoms with Crippen LogP contribution in [0, 0.1) is 5.92 Å². The number of hydrogen-bond donors (Lipinski definition) is 2. The van der Waals surface area contributed by atoms with Gasteiger partial charge >= 0.3 is 5.97 Å². The fraction of sp³-hybridized carbons (Fsp3) is 0.500. The Morgan fingerprint density at radius 1 is 1.56 bits per heavy atom. The van der Waals surface area contributed by atoms with Crippen molar-refractivity contribution < 1.29 is 9.53 Å². The molecule has 4 nitrogen and oxygen atoms in total. The number of carbonyl (C=O) groups excluding carboxylic acids is 1. The number of anilines is 2. The van der Waals surface area contributed by atoms with E-state index in [1.54, 1.807) is 12.1 Å². The van der Waals surface area contributed by atoms with Gasteiger partial charge in [-0.1, -0.05) is 12.8 Å². The normalized spacial score (nSPS) is 16.1. The maximum atomic E-state index is 11.7. The first-order chi connectivity index (χ1) is 8.60. The Balaban J connectivity index is 2.12. The molecule has 0 aliphatic heterocycles. The fourth-order valence-electron chi connectivity index (χ4n) is 2.14. The molecule has 4 heteroatoms. The second-order valence-electron chi connectivity index (χ2n) is 5.02. The minimum absolute atomic E-state index is 0.351. The third-order valence-electron chi connectivity index (χ3n) is 3.23. The van der Waals surface area contributed by atoms with Crippen molar-refractivity contribution in [3.8, 4) is 0 Å². The molecule has 1 atom stereocenters. The van der Waals surface area contributed by atoms with E-state index in [1.165, 1.54) is 20.0 Å². The maximum absolute atomic E-state index is 11.7. The first-order valence-corrected chi connectivity index (χ1v) is 6.34. The molecular weight excluding hydrogens is 228 g/mol. The summed E-state index contributed by atoms with van der Waals surface area (Å²) < 4.78 is 4.77. The number of nitrogens with one attached hydrogen (secondary N) is 1. The predicted octanol–water partition coefficient (Wildman–Crippen LogP) is 2.66. The van der Waals surface area contributed by atoms with Crippen LogP contribution in [0.25, 0.3) is 0 Å². The van der Waals surface area contributed by atoms with Gasteiger partial charge in [0.25, 0.3) is 0 Å². The largest absolute Gasteiger partial charge is 0.465 e. The molecule has 1 saturated carbocycles. The Hall–Kier alpha value is -1.71. The van der Waals surface area contributed by atoms with Gasteiger partial charge in [-0.25, -0.2) is 4.79 Å².